The zero-order valence-electron chi connectivity index (χ0n) is 15.7. The number of hydrogen-bond acceptors (Lipinski definition) is 4. The molecule has 0 atom stereocenters. The highest BCUT2D eigenvalue weighted by atomic mass is 32.2. The molecule has 0 radical (unpaired) electrons. The van der Waals surface area contributed by atoms with Gasteiger partial charge in [0.15, 0.2) is 0 Å². The third-order valence-electron chi connectivity index (χ3n) is 5.04. The lowest BCUT2D eigenvalue weighted by molar-refractivity contribution is -0.132. The summed E-state index contributed by atoms with van der Waals surface area (Å²) in [4.78, 5) is 25.3. The Balaban J connectivity index is 1.80. The van der Waals surface area contributed by atoms with Gasteiger partial charge in [-0.1, -0.05) is 31.2 Å². The van der Waals surface area contributed by atoms with E-state index in [9.17, 15) is 23.1 Å². The van der Waals surface area contributed by atoms with Crippen LogP contribution < -0.4 is 4.72 Å². The monoisotopic (exact) mass is 404 g/mol. The molecule has 0 spiro atoms. The molecule has 150 valence electrons. The zero-order chi connectivity index (χ0) is 20.3. The number of fused-ring (bicyclic) bond motifs is 1. The minimum Gasteiger partial charge on any atom is -0.478 e. The van der Waals surface area contributed by atoms with Gasteiger partial charge < -0.3 is 10.0 Å². The molecule has 1 amide bonds. The molecule has 28 heavy (non-hydrogen) atoms. The van der Waals surface area contributed by atoms with Gasteiger partial charge in [0, 0.05) is 30.9 Å². The van der Waals surface area contributed by atoms with E-state index in [1.807, 2.05) is 6.92 Å². The van der Waals surface area contributed by atoms with Crippen LogP contribution >= 0.6 is 0 Å². The topological polar surface area (TPSA) is 104 Å². The van der Waals surface area contributed by atoms with Gasteiger partial charge in [0.1, 0.15) is 0 Å². The maximum Gasteiger partial charge on any atom is 0.336 e. The molecule has 2 aromatic carbocycles. The van der Waals surface area contributed by atoms with Gasteiger partial charge in [-0.05, 0) is 36.8 Å². The molecule has 0 aliphatic carbocycles. The Morgan fingerprint density at radius 1 is 1.11 bits per heavy atom. The number of carboxylic acid groups (broad SMARTS) is 1. The summed E-state index contributed by atoms with van der Waals surface area (Å²) in [6.07, 6.45) is 2.42. The second-order valence-electron chi connectivity index (χ2n) is 6.99. The van der Waals surface area contributed by atoms with Crippen LogP contribution in [0.1, 0.15) is 43.0 Å². The number of aromatic carboxylic acids is 1. The van der Waals surface area contributed by atoms with Crippen molar-refractivity contribution in [2.45, 2.75) is 43.5 Å². The summed E-state index contributed by atoms with van der Waals surface area (Å²) in [5.41, 5.74) is 0.0669. The molecular formula is C20H24N2O5S. The van der Waals surface area contributed by atoms with E-state index in [-0.39, 0.29) is 22.4 Å². The summed E-state index contributed by atoms with van der Waals surface area (Å²) in [7, 11) is -3.82. The minimum atomic E-state index is -3.82. The smallest absolute Gasteiger partial charge is 0.336 e. The summed E-state index contributed by atoms with van der Waals surface area (Å²) in [5.74, 6) is -0.990. The first-order valence-electron chi connectivity index (χ1n) is 9.38. The highest BCUT2D eigenvalue weighted by molar-refractivity contribution is 7.89. The fourth-order valence-electron chi connectivity index (χ4n) is 3.60. The molecule has 3 rings (SSSR count). The second kappa shape index (κ2) is 8.28. The standard InChI is InChI=1S/C20H24N2O5S/c1-2-5-19(23)22-12-10-14(11-13-22)21-28(26,27)18-9-4-6-15-16(18)7-3-8-17(15)20(24)25/h3-4,6-9,14,21H,2,5,10-13H2,1H3,(H,24,25). The number of likely N-dealkylation sites (tertiary alicyclic amines) is 1. The molecule has 1 fully saturated rings. The Morgan fingerprint density at radius 2 is 1.75 bits per heavy atom. The SMILES string of the molecule is CCCC(=O)N1CCC(NS(=O)(=O)c2cccc3c(C(=O)O)cccc23)CC1. The number of rotatable bonds is 6. The number of nitrogens with zero attached hydrogens (tertiary/aromatic N) is 1. The van der Waals surface area contributed by atoms with Crippen LogP contribution in [0.5, 0.6) is 0 Å². The van der Waals surface area contributed by atoms with Gasteiger partial charge in [-0.25, -0.2) is 17.9 Å². The molecule has 1 aliphatic heterocycles. The van der Waals surface area contributed by atoms with Gasteiger partial charge in [0.25, 0.3) is 0 Å². The number of carbonyl (C=O) groups excluding carboxylic acids is 1. The first-order valence-corrected chi connectivity index (χ1v) is 10.9. The predicted molar refractivity (Wildman–Crippen MR) is 106 cm³/mol. The Morgan fingerprint density at radius 3 is 2.39 bits per heavy atom. The van der Waals surface area contributed by atoms with E-state index in [1.54, 1.807) is 29.2 Å². The van der Waals surface area contributed by atoms with Crippen LogP contribution in [0.2, 0.25) is 0 Å². The molecule has 1 heterocycles. The lowest BCUT2D eigenvalue weighted by Gasteiger charge is -2.32. The molecule has 0 saturated carbocycles. The van der Waals surface area contributed by atoms with E-state index in [1.165, 1.54) is 12.1 Å². The molecule has 8 heteroatoms. The lowest BCUT2D eigenvalue weighted by Crippen LogP contribution is -2.46. The van der Waals surface area contributed by atoms with Crippen LogP contribution in [0.4, 0.5) is 0 Å². The Bertz CT molecular complexity index is 995. The number of benzene rings is 2. The van der Waals surface area contributed by atoms with Gasteiger partial charge in [0.05, 0.1) is 10.5 Å². The van der Waals surface area contributed by atoms with E-state index in [4.69, 9.17) is 0 Å². The van der Waals surface area contributed by atoms with Crippen LogP contribution in [0, 0.1) is 0 Å². The molecule has 2 aromatic rings. The number of nitrogens with one attached hydrogen (secondary N) is 1. The summed E-state index contributed by atoms with van der Waals surface area (Å²) in [6.45, 7) is 3.02. The van der Waals surface area contributed by atoms with Crippen molar-refractivity contribution in [2.24, 2.45) is 0 Å². The number of sulfonamides is 1. The Kier molecular flexibility index (Phi) is 6.00. The average Bonchev–Trinajstić information content (AvgIpc) is 2.67. The van der Waals surface area contributed by atoms with Crippen molar-refractivity contribution in [3.05, 3.63) is 42.0 Å². The van der Waals surface area contributed by atoms with E-state index < -0.39 is 16.0 Å². The van der Waals surface area contributed by atoms with Crippen molar-refractivity contribution in [2.75, 3.05) is 13.1 Å². The van der Waals surface area contributed by atoms with Crippen molar-refractivity contribution in [1.29, 1.82) is 0 Å². The third-order valence-corrected chi connectivity index (χ3v) is 6.61. The third kappa shape index (κ3) is 4.18. The van der Waals surface area contributed by atoms with Crippen molar-refractivity contribution in [1.82, 2.24) is 9.62 Å². The summed E-state index contributed by atoms with van der Waals surface area (Å²) in [6, 6.07) is 9.00. The van der Waals surface area contributed by atoms with Gasteiger partial charge in [-0.3, -0.25) is 4.79 Å². The summed E-state index contributed by atoms with van der Waals surface area (Å²) < 4.78 is 28.7. The predicted octanol–water partition coefficient (Wildman–Crippen LogP) is 2.61. The summed E-state index contributed by atoms with van der Waals surface area (Å²) in [5, 5.41) is 10.1. The number of hydrogen-bond donors (Lipinski definition) is 2. The quantitative estimate of drug-likeness (QED) is 0.770. The number of piperidine rings is 1. The Hall–Kier alpha value is -2.45. The van der Waals surface area contributed by atoms with Crippen LogP contribution in [-0.2, 0) is 14.8 Å². The molecule has 0 aromatic heterocycles. The fourth-order valence-corrected chi connectivity index (χ4v) is 5.13. The van der Waals surface area contributed by atoms with Gasteiger partial charge in [0.2, 0.25) is 15.9 Å². The van der Waals surface area contributed by atoms with Crippen LogP contribution in [0.15, 0.2) is 41.3 Å². The second-order valence-corrected chi connectivity index (χ2v) is 8.67. The molecular weight excluding hydrogens is 380 g/mol. The Labute approximate surface area is 164 Å². The molecule has 1 aliphatic rings. The molecule has 1 saturated heterocycles. The molecule has 0 unspecified atom stereocenters. The highest BCUT2D eigenvalue weighted by Gasteiger charge is 2.27. The van der Waals surface area contributed by atoms with Crippen LogP contribution in [0.25, 0.3) is 10.8 Å². The maximum atomic E-state index is 13.0. The van der Waals surface area contributed by atoms with Gasteiger partial charge in [-0.2, -0.15) is 0 Å². The number of amides is 1. The first kappa shape index (κ1) is 20.3. The largest absolute Gasteiger partial charge is 0.478 e. The molecule has 0 bridgehead atoms. The normalized spacial score (nSPS) is 15.7. The lowest BCUT2D eigenvalue weighted by atomic mass is 10.0. The molecule has 2 N–H and O–H groups in total. The van der Waals surface area contributed by atoms with Crippen LogP contribution in [0.3, 0.4) is 0 Å². The zero-order valence-corrected chi connectivity index (χ0v) is 16.5. The number of carboxylic acids is 1. The molecule has 7 nitrogen and oxygen atoms in total. The summed E-state index contributed by atoms with van der Waals surface area (Å²) >= 11 is 0. The number of carbonyl (C=O) groups is 2. The minimum absolute atomic E-state index is 0.0669. The van der Waals surface area contributed by atoms with Crippen molar-refractivity contribution < 1.29 is 23.1 Å². The van der Waals surface area contributed by atoms with E-state index >= 15 is 0 Å². The first-order chi connectivity index (χ1) is 13.3. The average molecular weight is 404 g/mol. The van der Waals surface area contributed by atoms with E-state index in [0.717, 1.165) is 6.42 Å². The van der Waals surface area contributed by atoms with Gasteiger partial charge >= 0.3 is 5.97 Å². The van der Waals surface area contributed by atoms with E-state index in [2.05, 4.69) is 4.72 Å². The fraction of sp³-hybridized carbons (Fsp3) is 0.400. The van der Waals surface area contributed by atoms with Crippen molar-refractivity contribution in [3.8, 4) is 0 Å². The van der Waals surface area contributed by atoms with Gasteiger partial charge in [-0.15, -0.1) is 0 Å². The van der Waals surface area contributed by atoms with Crippen LogP contribution in [-0.4, -0.2) is 49.4 Å². The highest BCUT2D eigenvalue weighted by Crippen LogP contribution is 2.26. The van der Waals surface area contributed by atoms with Crippen molar-refractivity contribution in [3.63, 3.8) is 0 Å². The maximum absolute atomic E-state index is 13.0. The van der Waals surface area contributed by atoms with E-state index in [0.29, 0.717) is 43.1 Å². The van der Waals surface area contributed by atoms with Crippen molar-refractivity contribution >= 4 is 32.7 Å².